The molecule has 6 rings (SSSR count). The van der Waals surface area contributed by atoms with Crippen LogP contribution in [0.2, 0.25) is 10.2 Å². The number of aryl methyl sites for hydroxylation is 1. The van der Waals surface area contributed by atoms with Crippen LogP contribution in [0.4, 0.5) is 13.2 Å². The number of aromatic nitrogens is 11. The predicted molar refractivity (Wildman–Crippen MR) is 142 cm³/mol. The zero-order valence-corrected chi connectivity index (χ0v) is 22.5. The van der Waals surface area contributed by atoms with E-state index in [0.29, 0.717) is 38.7 Å². The van der Waals surface area contributed by atoms with Gasteiger partial charge in [0.05, 0.1) is 46.1 Å². The lowest BCUT2D eigenvalue weighted by Crippen LogP contribution is -2.16. The van der Waals surface area contributed by atoms with Gasteiger partial charge in [0.1, 0.15) is 6.33 Å². The summed E-state index contributed by atoms with van der Waals surface area (Å²) in [6.07, 6.45) is 9.15. The monoisotopic (exact) mass is 599 g/mol. The van der Waals surface area contributed by atoms with Crippen LogP contribution in [0.1, 0.15) is 24.0 Å². The van der Waals surface area contributed by atoms with Crippen molar-refractivity contribution in [2.75, 3.05) is 0 Å². The molecule has 11 nitrogen and oxygen atoms in total. The van der Waals surface area contributed by atoms with Crippen molar-refractivity contribution in [2.24, 2.45) is 7.05 Å². The Morgan fingerprint density at radius 3 is 2.44 bits per heavy atom. The number of hydrogen-bond acceptors (Lipinski definition) is 7. The Morgan fingerprint density at radius 1 is 0.927 bits per heavy atom. The molecule has 0 saturated carbocycles. The first-order valence-electron chi connectivity index (χ1n) is 12.0. The summed E-state index contributed by atoms with van der Waals surface area (Å²) in [5.41, 5.74) is 2.55. The first-order valence-corrected chi connectivity index (χ1v) is 12.8. The molecule has 0 N–H and O–H groups in total. The normalized spacial score (nSPS) is 12.4. The van der Waals surface area contributed by atoms with E-state index >= 15 is 4.39 Å². The van der Waals surface area contributed by atoms with E-state index in [1.165, 1.54) is 41.7 Å². The number of benzene rings is 1. The Labute approximate surface area is 239 Å². The maximum atomic E-state index is 15.3. The van der Waals surface area contributed by atoms with Gasteiger partial charge in [-0.05, 0) is 24.3 Å². The first-order chi connectivity index (χ1) is 19.8. The van der Waals surface area contributed by atoms with Crippen LogP contribution in [-0.2, 0) is 13.5 Å². The van der Waals surface area contributed by atoms with Crippen LogP contribution >= 0.6 is 23.2 Å². The van der Waals surface area contributed by atoms with Gasteiger partial charge in [-0.15, -0.1) is 5.10 Å². The van der Waals surface area contributed by atoms with Gasteiger partial charge in [-0.3, -0.25) is 9.67 Å². The molecule has 0 aliphatic heterocycles. The molecule has 1 aromatic carbocycles. The van der Waals surface area contributed by atoms with Crippen molar-refractivity contribution in [3.63, 3.8) is 0 Å². The molecule has 0 saturated heterocycles. The van der Waals surface area contributed by atoms with Gasteiger partial charge in [-0.2, -0.15) is 24.1 Å². The summed E-state index contributed by atoms with van der Waals surface area (Å²) in [5.74, 6) is -0.0720. The Hall–Kier alpha value is -4.56. The smallest absolute Gasteiger partial charge is 0.263 e. The van der Waals surface area contributed by atoms with E-state index in [-0.39, 0.29) is 22.2 Å². The fraction of sp³-hybridized carbons (Fsp3) is 0.160. The van der Waals surface area contributed by atoms with E-state index in [0.717, 1.165) is 0 Å². The lowest BCUT2D eigenvalue weighted by atomic mass is 10.0. The van der Waals surface area contributed by atoms with Gasteiger partial charge in [0.2, 0.25) is 0 Å². The minimum absolute atomic E-state index is 0.0839. The molecule has 5 heterocycles. The molecular weight excluding hydrogens is 582 g/mol. The van der Waals surface area contributed by atoms with Crippen LogP contribution in [-0.4, -0.2) is 54.3 Å². The lowest BCUT2D eigenvalue weighted by Gasteiger charge is -2.17. The van der Waals surface area contributed by atoms with Crippen molar-refractivity contribution in [1.82, 2.24) is 54.3 Å². The molecule has 5 aromatic heterocycles. The molecule has 41 heavy (non-hydrogen) atoms. The van der Waals surface area contributed by atoms with Gasteiger partial charge in [0, 0.05) is 43.2 Å². The Balaban J connectivity index is 1.40. The number of hydrogen-bond donors (Lipinski definition) is 0. The fourth-order valence-corrected chi connectivity index (χ4v) is 4.71. The summed E-state index contributed by atoms with van der Waals surface area (Å²) in [4.78, 5) is 8.86. The van der Waals surface area contributed by atoms with Crippen molar-refractivity contribution in [2.45, 2.75) is 19.0 Å². The second-order valence-electron chi connectivity index (χ2n) is 8.91. The van der Waals surface area contributed by atoms with E-state index in [2.05, 4.69) is 35.6 Å². The van der Waals surface area contributed by atoms with Gasteiger partial charge in [-0.25, -0.2) is 23.4 Å². The summed E-state index contributed by atoms with van der Waals surface area (Å²) in [7, 11) is 1.75. The van der Waals surface area contributed by atoms with Crippen LogP contribution in [0.15, 0.2) is 67.6 Å². The molecule has 16 heteroatoms. The fourth-order valence-electron chi connectivity index (χ4n) is 4.43. The molecule has 208 valence electrons. The van der Waals surface area contributed by atoms with Gasteiger partial charge >= 0.3 is 6.55 Å². The quantitative estimate of drug-likeness (QED) is 0.237. The van der Waals surface area contributed by atoms with Gasteiger partial charge in [0.15, 0.2) is 16.8 Å². The van der Waals surface area contributed by atoms with E-state index < -0.39 is 18.4 Å². The molecular formula is C25H18Cl2F3N11. The number of pyridine rings is 1. The largest absolute Gasteiger partial charge is 0.333 e. The highest BCUT2D eigenvalue weighted by Gasteiger charge is 2.23. The maximum absolute atomic E-state index is 15.3. The molecule has 6 aromatic rings. The van der Waals surface area contributed by atoms with Gasteiger partial charge in [-0.1, -0.05) is 34.5 Å². The van der Waals surface area contributed by atoms with Crippen LogP contribution < -0.4 is 0 Å². The van der Waals surface area contributed by atoms with Crippen LogP contribution in [0, 0.1) is 5.82 Å². The molecule has 0 bridgehead atoms. The second kappa shape index (κ2) is 10.8. The minimum atomic E-state index is -2.77. The molecule has 0 fully saturated rings. The highest BCUT2D eigenvalue weighted by Crippen LogP contribution is 2.34. The molecule has 1 unspecified atom stereocenters. The first kappa shape index (κ1) is 26.7. The van der Waals surface area contributed by atoms with Crippen LogP contribution in [0.5, 0.6) is 0 Å². The molecule has 0 radical (unpaired) electrons. The number of nitrogens with zero attached hydrogens (tertiary/aromatic N) is 11. The number of rotatable bonds is 8. The van der Waals surface area contributed by atoms with Crippen LogP contribution in [0.25, 0.3) is 28.2 Å². The summed E-state index contributed by atoms with van der Waals surface area (Å²) in [6, 6.07) is 7.35. The molecule has 0 amide bonds. The van der Waals surface area contributed by atoms with Crippen molar-refractivity contribution in [3.8, 4) is 28.2 Å². The van der Waals surface area contributed by atoms with Crippen molar-refractivity contribution < 1.29 is 13.2 Å². The van der Waals surface area contributed by atoms with E-state index in [1.54, 1.807) is 47.0 Å². The molecule has 1 atom stereocenters. The Bertz CT molecular complexity index is 1820. The molecule has 0 spiro atoms. The van der Waals surface area contributed by atoms with E-state index in [4.69, 9.17) is 23.2 Å². The molecule has 0 aliphatic carbocycles. The van der Waals surface area contributed by atoms with E-state index in [9.17, 15) is 8.78 Å². The van der Waals surface area contributed by atoms with Crippen LogP contribution in [0.3, 0.4) is 0 Å². The lowest BCUT2D eigenvalue weighted by molar-refractivity contribution is 0.0561. The van der Waals surface area contributed by atoms with E-state index in [1.807, 2.05) is 0 Å². The summed E-state index contributed by atoms with van der Waals surface area (Å²) >= 11 is 12.0. The van der Waals surface area contributed by atoms with Crippen molar-refractivity contribution in [3.05, 3.63) is 95.0 Å². The summed E-state index contributed by atoms with van der Waals surface area (Å²) < 4.78 is 46.9. The number of halogens is 5. The summed E-state index contributed by atoms with van der Waals surface area (Å²) in [6.45, 7) is -2.77. The third-order valence-corrected chi connectivity index (χ3v) is 6.82. The maximum Gasteiger partial charge on any atom is 0.333 e. The zero-order valence-electron chi connectivity index (χ0n) is 21.0. The SMILES string of the molecule is Cn1ncnc1-c1cnn(C(Cc2ccn(C(F)F)n2)c2ccc(-c3c(-n4cc(Cl)nn4)ccc(Cl)c3F)cn2)c1. The Morgan fingerprint density at radius 2 is 1.78 bits per heavy atom. The second-order valence-corrected chi connectivity index (χ2v) is 9.71. The average Bonchev–Trinajstić information content (AvgIpc) is 3.77. The highest BCUT2D eigenvalue weighted by atomic mass is 35.5. The third kappa shape index (κ3) is 5.18. The zero-order chi connectivity index (χ0) is 28.7. The number of alkyl halides is 2. The van der Waals surface area contributed by atoms with Crippen molar-refractivity contribution >= 4 is 23.2 Å². The third-order valence-electron chi connectivity index (χ3n) is 6.36. The standard InChI is InChI=1S/C25H18Cl2F3N11/c1-38-24(32-13-34-38)15-10-33-40(11-15)20(8-16-6-7-39(36-16)25(29)30)18-4-2-14(9-31-18)22-19(5-3-17(26)23(22)28)41-12-21(27)35-37-41/h2-7,9-13,20,25H,8H2,1H3. The molecule has 0 aliphatic rings. The van der Waals surface area contributed by atoms with Gasteiger partial charge < -0.3 is 0 Å². The van der Waals surface area contributed by atoms with Crippen molar-refractivity contribution in [1.29, 1.82) is 0 Å². The minimum Gasteiger partial charge on any atom is -0.263 e. The Kier molecular flexibility index (Phi) is 7.01. The topological polar surface area (TPSA) is 110 Å². The predicted octanol–water partition coefficient (Wildman–Crippen LogP) is 5.19. The highest BCUT2D eigenvalue weighted by molar-refractivity contribution is 6.31. The van der Waals surface area contributed by atoms with Gasteiger partial charge in [0.25, 0.3) is 0 Å². The summed E-state index contributed by atoms with van der Waals surface area (Å²) in [5, 5.41) is 20.3. The average molecular weight is 600 g/mol.